The van der Waals surface area contributed by atoms with Crippen molar-refractivity contribution >= 4 is 38.1 Å². The molecule has 4 unspecified atom stereocenters. The largest absolute Gasteiger partial charge is 0.508 e. The van der Waals surface area contributed by atoms with Crippen LogP contribution in [0.5, 0.6) is 28.7 Å². The molecule has 356 valence electrons. The van der Waals surface area contributed by atoms with E-state index >= 15 is 4.79 Å². The summed E-state index contributed by atoms with van der Waals surface area (Å²) < 4.78 is 17.8. The van der Waals surface area contributed by atoms with E-state index in [9.17, 15) is 25.5 Å². The van der Waals surface area contributed by atoms with Gasteiger partial charge in [-0.3, -0.25) is 10.1 Å². The number of benzene rings is 5. The summed E-state index contributed by atoms with van der Waals surface area (Å²) in [6.07, 6.45) is 4.83. The Morgan fingerprint density at radius 3 is 2.51 bits per heavy atom. The Balaban J connectivity index is 1.26. The summed E-state index contributed by atoms with van der Waals surface area (Å²) in [7, 11) is 6.45. The van der Waals surface area contributed by atoms with Crippen molar-refractivity contribution in [3.8, 4) is 28.7 Å². The van der Waals surface area contributed by atoms with Gasteiger partial charge in [-0.15, -0.1) is 0 Å². The molecule has 0 saturated heterocycles. The third-order valence-electron chi connectivity index (χ3n) is 12.6. The summed E-state index contributed by atoms with van der Waals surface area (Å²) in [5, 5.41) is 64.0. The third-order valence-corrected chi connectivity index (χ3v) is 15.1. The number of β-amino-alcohol motifs (C(OH)–C–C–N with tert-alkyl or cyclic N) is 1. The molecule has 12 nitrogen and oxygen atoms in total. The quantitative estimate of drug-likeness (QED) is 0.0288. The van der Waals surface area contributed by atoms with E-state index in [-0.39, 0.29) is 36.9 Å². The maximum absolute atomic E-state index is 15.2. The van der Waals surface area contributed by atoms with Gasteiger partial charge in [0.05, 0.1) is 18.8 Å². The van der Waals surface area contributed by atoms with Crippen LogP contribution >= 0.6 is 21.6 Å². The van der Waals surface area contributed by atoms with E-state index in [0.717, 1.165) is 56.1 Å². The highest BCUT2D eigenvalue weighted by Gasteiger charge is 2.32. The highest BCUT2D eigenvalue weighted by Crippen LogP contribution is 2.43. The number of phenols is 2. The van der Waals surface area contributed by atoms with Gasteiger partial charge in [0.15, 0.2) is 29.8 Å². The summed E-state index contributed by atoms with van der Waals surface area (Å²) in [5.74, 6) is 0.671. The van der Waals surface area contributed by atoms with Gasteiger partial charge in [0.2, 0.25) is 0 Å². The van der Waals surface area contributed by atoms with Crippen LogP contribution in [0.2, 0.25) is 0 Å². The number of aliphatic hydroxyl groups excluding tert-OH is 2. The highest BCUT2D eigenvalue weighted by atomic mass is 33.1. The first kappa shape index (κ1) is 49.7. The van der Waals surface area contributed by atoms with Crippen molar-refractivity contribution in [1.82, 2.24) is 15.6 Å². The molecule has 1 aliphatic heterocycles. The SMILES string of the molecule is CCc1ccc2ccccc2c1Cc1c(CC(Cc2cc[nH]c2)C(O)CC(=O)C(Cc2ccc(OCO)c3c2CSSCC(C)(O)CNCO3)c2cc(O)cc(CNC)c2)ccc(O)c1OC. The lowest BCUT2D eigenvalue weighted by molar-refractivity contribution is -0.123. The zero-order valence-corrected chi connectivity index (χ0v) is 40.3. The lowest BCUT2D eigenvalue weighted by Gasteiger charge is -2.27. The fourth-order valence-corrected chi connectivity index (χ4v) is 11.8. The topological polar surface area (TPSA) is 186 Å². The van der Waals surface area contributed by atoms with Crippen molar-refractivity contribution < 1.29 is 44.5 Å². The molecular formula is C53H63N3O9S2. The van der Waals surface area contributed by atoms with Crippen LogP contribution in [0.1, 0.15) is 76.3 Å². The number of aromatic amines is 1. The zero-order valence-electron chi connectivity index (χ0n) is 38.6. The average molecular weight is 950 g/mol. The molecule has 7 rings (SSSR count). The van der Waals surface area contributed by atoms with Crippen LogP contribution in [-0.4, -0.2) is 88.0 Å². The number of rotatable bonds is 19. The molecule has 14 heteroatoms. The highest BCUT2D eigenvalue weighted by molar-refractivity contribution is 8.76. The molecule has 0 fully saturated rings. The Hall–Kier alpha value is -5.19. The van der Waals surface area contributed by atoms with Crippen molar-refractivity contribution in [2.45, 2.75) is 82.3 Å². The number of hydrogen-bond acceptors (Lipinski definition) is 13. The number of carbonyl (C=O) groups is 1. The second kappa shape index (κ2) is 23.2. The number of H-pyrrole nitrogens is 1. The van der Waals surface area contributed by atoms with Gasteiger partial charge < -0.3 is 50.0 Å². The molecule has 0 aliphatic carbocycles. The van der Waals surface area contributed by atoms with Crippen LogP contribution in [0.25, 0.3) is 10.8 Å². The van der Waals surface area contributed by atoms with Crippen molar-refractivity contribution in [2.24, 2.45) is 5.92 Å². The van der Waals surface area contributed by atoms with Crippen LogP contribution in [0.15, 0.2) is 97.3 Å². The normalized spacial score (nSPS) is 16.9. The number of ether oxygens (including phenoxy) is 3. The van der Waals surface area contributed by atoms with Crippen molar-refractivity contribution in [3.05, 3.63) is 147 Å². The Labute approximate surface area is 400 Å². The molecule has 1 aromatic heterocycles. The molecule has 2 heterocycles. The number of aromatic nitrogens is 1. The smallest absolute Gasteiger partial charge is 0.186 e. The molecule has 67 heavy (non-hydrogen) atoms. The number of fused-ring (bicyclic) bond motifs is 2. The molecule has 0 bridgehead atoms. The maximum atomic E-state index is 15.2. The van der Waals surface area contributed by atoms with Crippen LogP contribution in [-0.2, 0) is 49.2 Å². The van der Waals surface area contributed by atoms with E-state index in [1.165, 1.54) is 16.4 Å². The summed E-state index contributed by atoms with van der Waals surface area (Å²) >= 11 is 0. The van der Waals surface area contributed by atoms with Crippen LogP contribution in [0, 0.1) is 5.92 Å². The Morgan fingerprint density at radius 2 is 1.75 bits per heavy atom. The summed E-state index contributed by atoms with van der Waals surface area (Å²) in [6.45, 7) is 4.16. The Kier molecular flexibility index (Phi) is 17.2. The third kappa shape index (κ3) is 12.5. The lowest BCUT2D eigenvalue weighted by atomic mass is 9.80. The number of phenolic OH excluding ortho intramolecular Hbond substituents is 2. The first-order chi connectivity index (χ1) is 32.4. The van der Waals surface area contributed by atoms with E-state index in [4.69, 9.17) is 14.2 Å². The molecule has 4 atom stereocenters. The van der Waals surface area contributed by atoms with Crippen molar-refractivity contribution in [1.29, 1.82) is 0 Å². The number of methoxy groups -OCH3 is 1. The Morgan fingerprint density at radius 1 is 0.940 bits per heavy atom. The second-order valence-corrected chi connectivity index (χ2v) is 20.1. The first-order valence-corrected chi connectivity index (χ1v) is 25.3. The van der Waals surface area contributed by atoms with Crippen LogP contribution in [0.3, 0.4) is 0 Å². The molecule has 0 radical (unpaired) electrons. The summed E-state index contributed by atoms with van der Waals surface area (Å²) in [6, 6.07) is 26.9. The number of Topliss-reactive ketones (excluding diaryl/α,β-unsaturated/α-hetero) is 1. The average Bonchev–Trinajstić information content (AvgIpc) is 3.82. The molecule has 0 spiro atoms. The van der Waals surface area contributed by atoms with Crippen LogP contribution in [0.4, 0.5) is 0 Å². The predicted octanol–water partition coefficient (Wildman–Crippen LogP) is 8.11. The van der Waals surface area contributed by atoms with Crippen molar-refractivity contribution in [3.63, 3.8) is 0 Å². The molecule has 6 aromatic rings. The van der Waals surface area contributed by atoms with Gasteiger partial charge in [0.1, 0.15) is 18.3 Å². The van der Waals surface area contributed by atoms with Gasteiger partial charge in [-0.2, -0.15) is 0 Å². The van der Waals surface area contributed by atoms with Gasteiger partial charge in [-0.1, -0.05) is 83.1 Å². The first-order valence-electron chi connectivity index (χ1n) is 22.8. The molecule has 8 N–H and O–H groups in total. The number of aromatic hydroxyl groups is 2. The minimum Gasteiger partial charge on any atom is -0.508 e. The summed E-state index contributed by atoms with van der Waals surface area (Å²) in [5.41, 5.74) is 7.04. The predicted molar refractivity (Wildman–Crippen MR) is 267 cm³/mol. The number of nitrogens with one attached hydrogen (secondary N) is 3. The fourth-order valence-electron chi connectivity index (χ4n) is 9.24. The van der Waals surface area contributed by atoms with E-state index < -0.39 is 30.3 Å². The minimum atomic E-state index is -1.10. The Bertz CT molecular complexity index is 2600. The van der Waals surface area contributed by atoms with Gasteiger partial charge in [0, 0.05) is 66.9 Å². The molecular weight excluding hydrogens is 887 g/mol. The molecule has 1 aliphatic rings. The molecule has 0 amide bonds. The molecule has 5 aromatic carbocycles. The number of ketones is 1. The maximum Gasteiger partial charge on any atom is 0.186 e. The van der Waals surface area contributed by atoms with E-state index in [2.05, 4.69) is 46.8 Å². The standard InChI is InChI=1S/C53H63N3O9S2/c1-5-35-10-11-36-8-6-7-9-42(36)43(35)24-45-37(12-14-47(59)51(45)63-4)21-40(18-33-16-17-55-27-33)48(60)25-49(61)44(39-19-34(26-54-3)20-41(58)22-39)23-38-13-15-50(65-32-57)52-46(38)28-66-67-30-53(2,62)29-56-31-64-52/h6-17,19-20,22,27,40,44,48,54-60,62H,5,18,21,23-26,28-32H2,1-4H3. The zero-order chi connectivity index (χ0) is 47.5. The molecule has 0 saturated carbocycles. The van der Waals surface area contributed by atoms with E-state index in [1.807, 2.05) is 55.8 Å². The second-order valence-electron chi connectivity index (χ2n) is 17.6. The van der Waals surface area contributed by atoms with Gasteiger partial charge in [0.25, 0.3) is 0 Å². The van der Waals surface area contributed by atoms with Gasteiger partial charge in [-0.05, 0) is 126 Å². The minimum absolute atomic E-state index is 0.0251. The number of aliphatic hydroxyl groups is 3. The monoisotopic (exact) mass is 949 g/mol. The lowest BCUT2D eigenvalue weighted by Crippen LogP contribution is -2.41. The van der Waals surface area contributed by atoms with E-state index in [0.29, 0.717) is 66.7 Å². The fraction of sp³-hybridized carbons (Fsp3) is 0.377. The number of hydrogen-bond donors (Lipinski definition) is 8. The summed E-state index contributed by atoms with van der Waals surface area (Å²) in [4.78, 5) is 18.3. The number of aryl methyl sites for hydroxylation is 1. The van der Waals surface area contributed by atoms with Crippen molar-refractivity contribution in [2.75, 3.05) is 40.0 Å². The number of carbonyl (C=O) groups excluding carboxylic acids is 1. The van der Waals surface area contributed by atoms with Gasteiger partial charge in [-0.25, -0.2) is 0 Å². The van der Waals surface area contributed by atoms with Gasteiger partial charge >= 0.3 is 0 Å². The van der Waals surface area contributed by atoms with E-state index in [1.54, 1.807) is 49.1 Å². The van der Waals surface area contributed by atoms with Crippen LogP contribution < -0.4 is 24.8 Å².